The molecule has 46 heavy (non-hydrogen) atoms. The Bertz CT molecular complexity index is 1150. The molecule has 5 N–H and O–H groups in total. The van der Waals surface area contributed by atoms with Crippen LogP contribution in [0, 0.1) is 28.6 Å². The van der Waals surface area contributed by atoms with E-state index in [0.717, 1.165) is 38.5 Å². The highest BCUT2D eigenvalue weighted by molar-refractivity contribution is 6.37. The molecule has 0 bridgehead atoms. The number of hydrogen-bond acceptors (Lipinski definition) is 6. The van der Waals surface area contributed by atoms with E-state index in [1.165, 1.54) is 4.90 Å². The van der Waals surface area contributed by atoms with Crippen LogP contribution in [0.4, 0.5) is 4.79 Å². The van der Waals surface area contributed by atoms with E-state index >= 15 is 0 Å². The smallest absolute Gasteiger partial charge is 0.316 e. The number of urea groups is 1. The fourth-order valence-corrected chi connectivity index (χ4v) is 6.88. The van der Waals surface area contributed by atoms with Gasteiger partial charge in [0, 0.05) is 19.6 Å². The normalized spacial score (nSPS) is 22.8. The quantitative estimate of drug-likeness (QED) is 0.252. The summed E-state index contributed by atoms with van der Waals surface area (Å²) in [6.07, 6.45) is 6.70. The van der Waals surface area contributed by atoms with Gasteiger partial charge in [-0.2, -0.15) is 0 Å². The first-order valence-electron chi connectivity index (χ1n) is 17.1. The molecule has 1 unspecified atom stereocenters. The van der Waals surface area contributed by atoms with E-state index in [1.54, 1.807) is 4.90 Å². The summed E-state index contributed by atoms with van der Waals surface area (Å²) in [5.74, 6) is -2.92. The molecule has 2 saturated heterocycles. The Morgan fingerprint density at radius 2 is 1.28 bits per heavy atom. The highest BCUT2D eigenvalue weighted by Gasteiger charge is 2.48. The SMILES string of the molecule is CC(C)[C@H]1CCN(C(=O)[C@@H](NC(=O)N[C@H](C(=O)N2CCCCC2)C(C)(C)C)C(C)(C)C)[C@@H]1C(=O)NC(CC1CCC1)C(=O)C(N)=O. The molecule has 0 aromatic heterocycles. The number of likely N-dealkylation sites (tertiary alicyclic amines) is 2. The third-order valence-corrected chi connectivity index (χ3v) is 9.97. The van der Waals surface area contributed by atoms with E-state index in [2.05, 4.69) is 16.0 Å². The van der Waals surface area contributed by atoms with Crippen LogP contribution in [0.5, 0.6) is 0 Å². The molecular formula is C34H58N6O6. The average molecular weight is 647 g/mol. The van der Waals surface area contributed by atoms with Gasteiger partial charge in [-0.1, -0.05) is 74.7 Å². The third-order valence-electron chi connectivity index (χ3n) is 9.97. The van der Waals surface area contributed by atoms with Crippen LogP contribution < -0.4 is 21.7 Å². The lowest BCUT2D eigenvalue weighted by Gasteiger charge is -2.39. The van der Waals surface area contributed by atoms with Gasteiger partial charge in [-0.05, 0) is 60.7 Å². The van der Waals surface area contributed by atoms with Gasteiger partial charge < -0.3 is 31.5 Å². The Labute approximate surface area is 274 Å². The van der Waals surface area contributed by atoms with Crippen LogP contribution in [0.15, 0.2) is 0 Å². The zero-order chi connectivity index (χ0) is 34.6. The predicted octanol–water partition coefficient (Wildman–Crippen LogP) is 2.73. The summed E-state index contributed by atoms with van der Waals surface area (Å²) >= 11 is 0. The van der Waals surface area contributed by atoms with Crippen molar-refractivity contribution in [2.45, 2.75) is 131 Å². The molecule has 2 heterocycles. The van der Waals surface area contributed by atoms with Gasteiger partial charge >= 0.3 is 6.03 Å². The number of rotatable bonds is 11. The van der Waals surface area contributed by atoms with Crippen molar-refractivity contribution in [2.24, 2.45) is 34.3 Å². The van der Waals surface area contributed by atoms with Crippen molar-refractivity contribution < 1.29 is 28.8 Å². The molecule has 0 aromatic carbocycles. The maximum atomic E-state index is 14.3. The second-order valence-electron chi connectivity index (χ2n) is 16.1. The Hall–Kier alpha value is -3.18. The van der Waals surface area contributed by atoms with Gasteiger partial charge in [0.1, 0.15) is 18.1 Å². The van der Waals surface area contributed by atoms with Gasteiger partial charge in [-0.3, -0.25) is 24.0 Å². The van der Waals surface area contributed by atoms with E-state index in [4.69, 9.17) is 5.73 Å². The van der Waals surface area contributed by atoms with Gasteiger partial charge in [0.15, 0.2) is 0 Å². The summed E-state index contributed by atoms with van der Waals surface area (Å²) in [5.41, 5.74) is 4.02. The Balaban J connectivity index is 1.83. The molecule has 5 atom stereocenters. The summed E-state index contributed by atoms with van der Waals surface area (Å²) < 4.78 is 0. The molecule has 12 heteroatoms. The van der Waals surface area contributed by atoms with Crippen molar-refractivity contribution >= 4 is 35.4 Å². The minimum absolute atomic E-state index is 0.0446. The molecule has 0 aromatic rings. The maximum Gasteiger partial charge on any atom is 0.316 e. The number of primary amides is 1. The molecule has 260 valence electrons. The lowest BCUT2D eigenvalue weighted by molar-refractivity contribution is -0.144. The number of piperidine rings is 1. The molecule has 2 aliphatic heterocycles. The first kappa shape index (κ1) is 37.3. The van der Waals surface area contributed by atoms with Gasteiger partial charge in [0.05, 0.1) is 6.04 Å². The molecule has 3 fully saturated rings. The van der Waals surface area contributed by atoms with E-state index in [1.807, 2.05) is 55.4 Å². The van der Waals surface area contributed by atoms with Crippen molar-refractivity contribution in [1.29, 1.82) is 0 Å². The molecule has 0 radical (unpaired) electrons. The van der Waals surface area contributed by atoms with Crippen LogP contribution in [0.1, 0.15) is 107 Å². The summed E-state index contributed by atoms with van der Waals surface area (Å²) in [4.78, 5) is 83.2. The fraction of sp³-hybridized carbons (Fsp3) is 0.824. The summed E-state index contributed by atoms with van der Waals surface area (Å²) in [6.45, 7) is 16.8. The highest BCUT2D eigenvalue weighted by Crippen LogP contribution is 2.35. The largest absolute Gasteiger partial charge is 0.363 e. The van der Waals surface area contributed by atoms with Crippen molar-refractivity contribution in [3.05, 3.63) is 0 Å². The topological polar surface area (TPSA) is 171 Å². The van der Waals surface area contributed by atoms with Crippen LogP contribution >= 0.6 is 0 Å². The molecular weight excluding hydrogens is 588 g/mol. The van der Waals surface area contributed by atoms with Crippen LogP contribution in [0.2, 0.25) is 0 Å². The summed E-state index contributed by atoms with van der Waals surface area (Å²) in [7, 11) is 0. The number of carbonyl (C=O) groups is 6. The van der Waals surface area contributed by atoms with E-state index < -0.39 is 64.5 Å². The highest BCUT2D eigenvalue weighted by atomic mass is 16.2. The van der Waals surface area contributed by atoms with E-state index in [-0.39, 0.29) is 23.7 Å². The van der Waals surface area contributed by atoms with Crippen LogP contribution in [-0.4, -0.2) is 89.0 Å². The minimum Gasteiger partial charge on any atom is -0.363 e. The van der Waals surface area contributed by atoms with Crippen molar-refractivity contribution in [1.82, 2.24) is 25.8 Å². The van der Waals surface area contributed by atoms with E-state index in [9.17, 15) is 28.8 Å². The predicted molar refractivity (Wildman–Crippen MR) is 175 cm³/mol. The third kappa shape index (κ3) is 9.21. The second-order valence-corrected chi connectivity index (χ2v) is 16.1. The van der Waals surface area contributed by atoms with E-state index in [0.29, 0.717) is 32.5 Å². The number of nitrogens with two attached hydrogens (primary N) is 1. The van der Waals surface area contributed by atoms with Crippen molar-refractivity contribution in [3.63, 3.8) is 0 Å². The van der Waals surface area contributed by atoms with Crippen molar-refractivity contribution in [3.8, 4) is 0 Å². The Kier molecular flexibility index (Phi) is 12.3. The zero-order valence-corrected chi connectivity index (χ0v) is 29.2. The van der Waals surface area contributed by atoms with Crippen LogP contribution in [0.25, 0.3) is 0 Å². The summed E-state index contributed by atoms with van der Waals surface area (Å²) in [6, 6.07) is -4.39. The number of nitrogens with one attached hydrogen (secondary N) is 3. The lowest BCUT2D eigenvalue weighted by atomic mass is 9.80. The first-order valence-corrected chi connectivity index (χ1v) is 17.1. The van der Waals surface area contributed by atoms with Gasteiger partial charge in [-0.15, -0.1) is 0 Å². The first-order chi connectivity index (χ1) is 21.3. The number of amides is 6. The van der Waals surface area contributed by atoms with Gasteiger partial charge in [-0.25, -0.2) is 4.79 Å². The number of carbonyl (C=O) groups excluding carboxylic acids is 6. The second kappa shape index (κ2) is 15.2. The maximum absolute atomic E-state index is 14.3. The monoisotopic (exact) mass is 646 g/mol. The Morgan fingerprint density at radius 1 is 0.739 bits per heavy atom. The molecule has 3 aliphatic rings. The lowest BCUT2D eigenvalue weighted by Crippen LogP contribution is -2.63. The summed E-state index contributed by atoms with van der Waals surface area (Å²) in [5, 5.41) is 8.51. The number of ketones is 1. The molecule has 0 spiro atoms. The molecule has 6 amide bonds. The standard InChI is InChI=1S/C34H58N6O6/c1-20(2)22-15-18-40(24(22)29(43)36-23(25(41)28(35)42)19-21-13-12-14-21)31(45)27(34(6,7)8)38-32(46)37-26(33(3,4)5)30(44)39-16-10-9-11-17-39/h20-24,26-27H,9-19H2,1-8H3,(H2,35,42)(H,36,43)(H2,37,38,46)/t22-,23?,24+,26-,27-/m1/s1. The number of nitrogens with zero attached hydrogens (tertiary/aromatic N) is 2. The number of hydrogen-bond donors (Lipinski definition) is 4. The number of Topliss-reactive ketones (excluding diaryl/α,β-unsaturated/α-hetero) is 1. The molecule has 3 rings (SSSR count). The molecule has 12 nitrogen and oxygen atoms in total. The van der Waals surface area contributed by atoms with Crippen LogP contribution in [-0.2, 0) is 24.0 Å². The van der Waals surface area contributed by atoms with Crippen molar-refractivity contribution in [2.75, 3.05) is 19.6 Å². The fourth-order valence-electron chi connectivity index (χ4n) is 6.88. The molecule has 1 saturated carbocycles. The van der Waals surface area contributed by atoms with Gasteiger partial charge in [0.25, 0.3) is 5.91 Å². The zero-order valence-electron chi connectivity index (χ0n) is 29.2. The Morgan fingerprint density at radius 3 is 1.74 bits per heavy atom. The van der Waals surface area contributed by atoms with Crippen LogP contribution in [0.3, 0.4) is 0 Å². The van der Waals surface area contributed by atoms with Gasteiger partial charge in [0.2, 0.25) is 23.5 Å². The minimum atomic E-state index is -1.10. The average Bonchev–Trinajstić information content (AvgIpc) is 3.40. The molecule has 1 aliphatic carbocycles.